The molecule has 0 spiro atoms. The van der Waals surface area contributed by atoms with Crippen LogP contribution in [0.25, 0.3) is 0 Å². The molecule has 23 heavy (non-hydrogen) atoms. The summed E-state index contributed by atoms with van der Waals surface area (Å²) >= 11 is 5.60. The number of amides is 2. The Bertz CT molecular complexity index is 837. The molecule has 0 fully saturated rings. The minimum atomic E-state index is -0.757. The second-order valence-electron chi connectivity index (χ2n) is 4.78. The van der Waals surface area contributed by atoms with Gasteiger partial charge in [0.05, 0.1) is 16.4 Å². The largest absolute Gasteiger partial charge is 0.506 e. The number of rotatable bonds is 3. The molecule has 1 aliphatic heterocycles. The van der Waals surface area contributed by atoms with Crippen molar-refractivity contribution in [1.82, 2.24) is 0 Å². The van der Waals surface area contributed by atoms with E-state index in [0.717, 1.165) is 23.1 Å². The van der Waals surface area contributed by atoms with Crippen LogP contribution in [0.15, 0.2) is 54.2 Å². The van der Waals surface area contributed by atoms with Crippen LogP contribution in [0, 0.1) is 5.82 Å². The fraction of sp³-hybridized carbons (Fsp3) is 0. The maximum atomic E-state index is 13.8. The number of aromatic hydroxyl groups is 1. The molecule has 0 unspecified atom stereocenters. The number of imide groups is 1. The summed E-state index contributed by atoms with van der Waals surface area (Å²) in [6.45, 7) is 0. The zero-order valence-corrected chi connectivity index (χ0v) is 12.3. The molecular formula is C16H10ClFN2O3. The van der Waals surface area contributed by atoms with Gasteiger partial charge in [-0.1, -0.05) is 29.8 Å². The molecule has 2 aromatic rings. The van der Waals surface area contributed by atoms with Crippen LogP contribution in [0.4, 0.5) is 15.8 Å². The number of phenolic OH excluding ortho intramolecular Hbond substituents is 1. The molecule has 2 aromatic carbocycles. The molecule has 5 nitrogen and oxygen atoms in total. The van der Waals surface area contributed by atoms with Crippen molar-refractivity contribution in [3.63, 3.8) is 0 Å². The Hall–Kier alpha value is -2.86. The summed E-state index contributed by atoms with van der Waals surface area (Å²) in [6.07, 6.45) is 1.07. The van der Waals surface area contributed by atoms with Gasteiger partial charge in [0.2, 0.25) is 0 Å². The third kappa shape index (κ3) is 2.76. The van der Waals surface area contributed by atoms with Gasteiger partial charge in [-0.2, -0.15) is 0 Å². The van der Waals surface area contributed by atoms with Gasteiger partial charge in [0, 0.05) is 12.1 Å². The normalized spacial score (nSPS) is 14.2. The van der Waals surface area contributed by atoms with E-state index in [1.807, 2.05) is 0 Å². The molecule has 2 N–H and O–H groups in total. The molecule has 0 saturated carbocycles. The number of para-hydroxylation sites is 1. The molecule has 1 heterocycles. The van der Waals surface area contributed by atoms with Crippen LogP contribution in [-0.4, -0.2) is 16.9 Å². The summed E-state index contributed by atoms with van der Waals surface area (Å²) in [7, 11) is 0. The van der Waals surface area contributed by atoms with E-state index in [1.165, 1.54) is 0 Å². The number of nitrogens with zero attached hydrogens (tertiary/aromatic N) is 1. The number of phenols is 1. The molecule has 0 bridgehead atoms. The maximum absolute atomic E-state index is 13.8. The van der Waals surface area contributed by atoms with Crippen molar-refractivity contribution < 1.29 is 19.1 Å². The van der Waals surface area contributed by atoms with Crippen LogP contribution in [0.1, 0.15) is 0 Å². The summed E-state index contributed by atoms with van der Waals surface area (Å²) in [5, 5.41) is 11.9. The Morgan fingerprint density at radius 1 is 1.13 bits per heavy atom. The second-order valence-corrected chi connectivity index (χ2v) is 5.19. The van der Waals surface area contributed by atoms with Crippen molar-refractivity contribution in [1.29, 1.82) is 0 Å². The third-order valence-corrected chi connectivity index (χ3v) is 3.54. The highest BCUT2D eigenvalue weighted by Crippen LogP contribution is 2.31. The van der Waals surface area contributed by atoms with Crippen molar-refractivity contribution in [2.45, 2.75) is 0 Å². The average molecular weight is 333 g/mol. The fourth-order valence-corrected chi connectivity index (χ4v) is 2.31. The van der Waals surface area contributed by atoms with E-state index in [9.17, 15) is 19.1 Å². The van der Waals surface area contributed by atoms with Gasteiger partial charge in [-0.3, -0.25) is 9.59 Å². The number of nitrogens with one attached hydrogen (secondary N) is 1. The smallest absolute Gasteiger partial charge is 0.281 e. The van der Waals surface area contributed by atoms with E-state index in [-0.39, 0.29) is 22.2 Å². The van der Waals surface area contributed by atoms with Crippen LogP contribution in [0.2, 0.25) is 5.02 Å². The van der Waals surface area contributed by atoms with Crippen molar-refractivity contribution in [2.24, 2.45) is 0 Å². The van der Waals surface area contributed by atoms with Crippen LogP contribution in [0.3, 0.4) is 0 Å². The predicted molar refractivity (Wildman–Crippen MR) is 83.7 cm³/mol. The molecule has 116 valence electrons. The first-order valence-electron chi connectivity index (χ1n) is 6.57. The average Bonchev–Trinajstić information content (AvgIpc) is 2.80. The van der Waals surface area contributed by atoms with Gasteiger partial charge in [0.15, 0.2) is 0 Å². The van der Waals surface area contributed by atoms with Crippen molar-refractivity contribution in [3.8, 4) is 5.75 Å². The van der Waals surface area contributed by atoms with E-state index in [1.54, 1.807) is 30.3 Å². The molecule has 7 heteroatoms. The van der Waals surface area contributed by atoms with Crippen molar-refractivity contribution in [2.75, 3.05) is 10.2 Å². The number of hydrogen-bond acceptors (Lipinski definition) is 4. The van der Waals surface area contributed by atoms with Crippen LogP contribution in [-0.2, 0) is 9.59 Å². The summed E-state index contributed by atoms with van der Waals surface area (Å²) in [6, 6.07) is 10.3. The lowest BCUT2D eigenvalue weighted by Gasteiger charge is -2.15. The minimum absolute atomic E-state index is 0.0977. The Labute approximate surface area is 135 Å². The van der Waals surface area contributed by atoms with Gasteiger partial charge in [-0.05, 0) is 18.2 Å². The highest BCUT2D eigenvalue weighted by Gasteiger charge is 2.32. The first-order valence-corrected chi connectivity index (χ1v) is 6.95. The van der Waals surface area contributed by atoms with Gasteiger partial charge in [-0.15, -0.1) is 0 Å². The number of anilines is 2. The Morgan fingerprint density at radius 3 is 2.52 bits per heavy atom. The van der Waals surface area contributed by atoms with E-state index >= 15 is 0 Å². The molecule has 0 aliphatic carbocycles. The van der Waals surface area contributed by atoms with Gasteiger partial charge in [0.25, 0.3) is 11.8 Å². The zero-order chi connectivity index (χ0) is 16.6. The molecule has 1 aliphatic rings. The van der Waals surface area contributed by atoms with E-state index in [4.69, 9.17) is 11.6 Å². The Balaban J connectivity index is 1.88. The van der Waals surface area contributed by atoms with Crippen molar-refractivity contribution in [3.05, 3.63) is 65.1 Å². The number of halogens is 2. The minimum Gasteiger partial charge on any atom is -0.506 e. The van der Waals surface area contributed by atoms with E-state index in [2.05, 4.69) is 5.32 Å². The van der Waals surface area contributed by atoms with E-state index in [0.29, 0.717) is 5.69 Å². The monoisotopic (exact) mass is 332 g/mol. The van der Waals surface area contributed by atoms with Crippen molar-refractivity contribution >= 4 is 34.8 Å². The van der Waals surface area contributed by atoms with Crippen LogP contribution in [0.5, 0.6) is 5.75 Å². The zero-order valence-electron chi connectivity index (χ0n) is 11.6. The highest BCUT2D eigenvalue weighted by atomic mass is 35.5. The SMILES string of the molecule is O=C1C=C(Nc2cc(O)c(Cl)cc2F)C(=O)N1c1ccccc1. The number of hydrogen-bond donors (Lipinski definition) is 2. The molecular weight excluding hydrogens is 323 g/mol. The van der Waals surface area contributed by atoms with Crippen LogP contribution >= 0.6 is 11.6 Å². The standard InChI is InChI=1S/C16H10ClFN2O3/c17-10-6-11(18)12(7-14(10)21)19-13-8-15(22)20(16(13)23)9-4-2-1-3-5-9/h1-8,19,21H. The molecule has 0 radical (unpaired) electrons. The number of carbonyl (C=O) groups is 2. The lowest BCUT2D eigenvalue weighted by molar-refractivity contribution is -0.120. The lowest BCUT2D eigenvalue weighted by atomic mass is 10.2. The first kappa shape index (κ1) is 15.1. The lowest BCUT2D eigenvalue weighted by Crippen LogP contribution is -2.31. The second kappa shape index (κ2) is 5.73. The topological polar surface area (TPSA) is 69.6 Å². The molecule has 2 amide bonds. The maximum Gasteiger partial charge on any atom is 0.281 e. The third-order valence-electron chi connectivity index (χ3n) is 3.24. The molecule has 0 aromatic heterocycles. The highest BCUT2D eigenvalue weighted by molar-refractivity contribution is 6.32. The first-order chi connectivity index (χ1) is 11.0. The summed E-state index contributed by atoms with van der Waals surface area (Å²) in [5.41, 5.74) is 0.156. The number of carbonyl (C=O) groups excluding carboxylic acids is 2. The summed E-state index contributed by atoms with van der Waals surface area (Å²) in [5.74, 6) is -2.25. The molecule has 0 saturated heterocycles. The fourth-order valence-electron chi connectivity index (χ4n) is 2.16. The van der Waals surface area contributed by atoms with Gasteiger partial charge in [0.1, 0.15) is 17.3 Å². The van der Waals surface area contributed by atoms with Gasteiger partial charge in [-0.25, -0.2) is 9.29 Å². The summed E-state index contributed by atoms with van der Waals surface area (Å²) in [4.78, 5) is 25.3. The predicted octanol–water partition coefficient (Wildman–Crippen LogP) is 3.05. The Morgan fingerprint density at radius 2 is 1.83 bits per heavy atom. The molecule has 0 atom stereocenters. The summed E-state index contributed by atoms with van der Waals surface area (Å²) < 4.78 is 13.8. The van der Waals surface area contributed by atoms with E-state index < -0.39 is 17.6 Å². The number of benzene rings is 2. The molecule has 3 rings (SSSR count). The quantitative estimate of drug-likeness (QED) is 0.848. The Kier molecular flexibility index (Phi) is 3.75. The van der Waals surface area contributed by atoms with Crippen LogP contribution < -0.4 is 10.2 Å². The van der Waals surface area contributed by atoms with Gasteiger partial charge < -0.3 is 10.4 Å². The van der Waals surface area contributed by atoms with Gasteiger partial charge >= 0.3 is 0 Å².